The molecule has 0 unspecified atom stereocenters. The Kier molecular flexibility index (Phi) is 2.59. The van der Waals surface area contributed by atoms with Gasteiger partial charge in [-0.3, -0.25) is 0 Å². The monoisotopic (exact) mass is 148 g/mol. The van der Waals surface area contributed by atoms with E-state index in [0.717, 1.165) is 5.56 Å². The van der Waals surface area contributed by atoms with Crippen LogP contribution in [0.5, 0.6) is 0 Å². The maximum Gasteiger partial charge on any atom is 0.145 e. The van der Waals surface area contributed by atoms with E-state index in [2.05, 4.69) is 4.98 Å². The third-order valence-electron chi connectivity index (χ3n) is 1.30. The zero-order valence-electron chi connectivity index (χ0n) is 6.24. The average Bonchev–Trinajstić information content (AvgIpc) is 2.06. The van der Waals surface area contributed by atoms with Crippen molar-refractivity contribution in [2.75, 3.05) is 7.11 Å². The molecule has 0 atom stereocenters. The standard InChI is InChI=1S/C8H8N2O/c1-11-6-7-3-2-4-10-8(7)5-9/h2-4H,6H2,1H3. The number of hydrogen-bond donors (Lipinski definition) is 0. The van der Waals surface area contributed by atoms with Crippen LogP contribution in [0.25, 0.3) is 0 Å². The molecule has 3 nitrogen and oxygen atoms in total. The predicted molar refractivity (Wildman–Crippen MR) is 39.7 cm³/mol. The molecule has 0 saturated carbocycles. The van der Waals surface area contributed by atoms with Gasteiger partial charge in [-0.2, -0.15) is 5.26 Å². The van der Waals surface area contributed by atoms with Crippen LogP contribution >= 0.6 is 0 Å². The highest BCUT2D eigenvalue weighted by atomic mass is 16.5. The first-order chi connectivity index (χ1) is 5.38. The first-order valence-corrected chi connectivity index (χ1v) is 3.21. The van der Waals surface area contributed by atoms with Gasteiger partial charge in [-0.05, 0) is 6.07 Å². The van der Waals surface area contributed by atoms with E-state index in [1.165, 1.54) is 0 Å². The molecule has 1 heterocycles. The van der Waals surface area contributed by atoms with Gasteiger partial charge in [0.25, 0.3) is 0 Å². The second kappa shape index (κ2) is 3.69. The van der Waals surface area contributed by atoms with E-state index in [0.29, 0.717) is 12.3 Å². The lowest BCUT2D eigenvalue weighted by molar-refractivity contribution is 0.184. The molecule has 0 amide bonds. The fraction of sp³-hybridized carbons (Fsp3) is 0.250. The van der Waals surface area contributed by atoms with Crippen LogP contribution in [0.3, 0.4) is 0 Å². The van der Waals surface area contributed by atoms with Crippen molar-refractivity contribution in [2.45, 2.75) is 6.61 Å². The molecule has 0 aliphatic carbocycles. The fourth-order valence-corrected chi connectivity index (χ4v) is 0.811. The molecule has 56 valence electrons. The first kappa shape index (κ1) is 7.70. The molecular formula is C8H8N2O. The molecule has 0 spiro atoms. The summed E-state index contributed by atoms with van der Waals surface area (Å²) in [6.07, 6.45) is 1.59. The second-order valence-electron chi connectivity index (χ2n) is 2.06. The lowest BCUT2D eigenvalue weighted by Gasteiger charge is -1.98. The lowest BCUT2D eigenvalue weighted by Crippen LogP contribution is -1.93. The number of ether oxygens (including phenoxy) is 1. The van der Waals surface area contributed by atoms with E-state index in [9.17, 15) is 0 Å². The van der Waals surface area contributed by atoms with Crippen molar-refractivity contribution in [3.05, 3.63) is 29.6 Å². The van der Waals surface area contributed by atoms with E-state index < -0.39 is 0 Å². The summed E-state index contributed by atoms with van der Waals surface area (Å²) in [6, 6.07) is 5.60. The van der Waals surface area contributed by atoms with Crippen molar-refractivity contribution in [2.24, 2.45) is 0 Å². The average molecular weight is 148 g/mol. The summed E-state index contributed by atoms with van der Waals surface area (Å²) < 4.78 is 4.88. The quantitative estimate of drug-likeness (QED) is 0.630. The maximum atomic E-state index is 8.58. The molecule has 0 aromatic carbocycles. The van der Waals surface area contributed by atoms with Crippen molar-refractivity contribution in [3.8, 4) is 6.07 Å². The second-order valence-corrected chi connectivity index (χ2v) is 2.06. The van der Waals surface area contributed by atoms with E-state index in [1.54, 1.807) is 19.4 Å². The van der Waals surface area contributed by atoms with Gasteiger partial charge in [0.15, 0.2) is 0 Å². The van der Waals surface area contributed by atoms with Gasteiger partial charge in [0.1, 0.15) is 11.8 Å². The van der Waals surface area contributed by atoms with Crippen molar-refractivity contribution in [1.82, 2.24) is 4.98 Å². The van der Waals surface area contributed by atoms with Gasteiger partial charge in [-0.15, -0.1) is 0 Å². The SMILES string of the molecule is COCc1cccnc1C#N. The summed E-state index contributed by atoms with van der Waals surface area (Å²) >= 11 is 0. The van der Waals surface area contributed by atoms with Gasteiger partial charge in [-0.25, -0.2) is 4.98 Å². The van der Waals surface area contributed by atoms with E-state index in [4.69, 9.17) is 10.00 Å². The van der Waals surface area contributed by atoms with E-state index in [1.807, 2.05) is 12.1 Å². The molecule has 0 fully saturated rings. The van der Waals surface area contributed by atoms with E-state index >= 15 is 0 Å². The Labute approximate surface area is 65.3 Å². The summed E-state index contributed by atoms with van der Waals surface area (Å²) in [5.41, 5.74) is 1.27. The van der Waals surface area contributed by atoms with Crippen LogP contribution in [0.2, 0.25) is 0 Å². The molecule has 1 aromatic heterocycles. The normalized spacial score (nSPS) is 9.09. The van der Waals surface area contributed by atoms with Crippen molar-refractivity contribution in [3.63, 3.8) is 0 Å². The Balaban J connectivity index is 2.95. The minimum Gasteiger partial charge on any atom is -0.380 e. The van der Waals surface area contributed by atoms with Crippen LogP contribution in [0.1, 0.15) is 11.3 Å². The van der Waals surface area contributed by atoms with Crippen molar-refractivity contribution in [1.29, 1.82) is 5.26 Å². The van der Waals surface area contributed by atoms with Gasteiger partial charge in [0, 0.05) is 18.9 Å². The highest BCUT2D eigenvalue weighted by Gasteiger charge is 1.99. The van der Waals surface area contributed by atoms with Crippen LogP contribution in [-0.2, 0) is 11.3 Å². The van der Waals surface area contributed by atoms with Gasteiger partial charge in [-0.1, -0.05) is 6.07 Å². The molecule has 3 heteroatoms. The minimum atomic E-state index is 0.439. The summed E-state index contributed by atoms with van der Waals surface area (Å²) in [5, 5.41) is 8.58. The molecule has 0 radical (unpaired) electrons. The Morgan fingerprint density at radius 2 is 2.55 bits per heavy atom. The highest BCUT2D eigenvalue weighted by Crippen LogP contribution is 2.04. The number of aromatic nitrogens is 1. The fourth-order valence-electron chi connectivity index (χ4n) is 0.811. The Morgan fingerprint density at radius 1 is 1.73 bits per heavy atom. The zero-order chi connectivity index (χ0) is 8.10. The van der Waals surface area contributed by atoms with Crippen LogP contribution in [0.4, 0.5) is 0 Å². The summed E-state index contributed by atoms with van der Waals surface area (Å²) in [5.74, 6) is 0. The number of nitriles is 1. The highest BCUT2D eigenvalue weighted by molar-refractivity contribution is 5.29. The van der Waals surface area contributed by atoms with Crippen LogP contribution in [0, 0.1) is 11.3 Å². The van der Waals surface area contributed by atoms with Crippen molar-refractivity contribution >= 4 is 0 Å². The smallest absolute Gasteiger partial charge is 0.145 e. The molecule has 0 N–H and O–H groups in total. The van der Waals surface area contributed by atoms with Crippen LogP contribution in [0.15, 0.2) is 18.3 Å². The topological polar surface area (TPSA) is 45.9 Å². The van der Waals surface area contributed by atoms with Crippen LogP contribution < -0.4 is 0 Å². The third-order valence-corrected chi connectivity index (χ3v) is 1.30. The maximum absolute atomic E-state index is 8.58. The lowest BCUT2D eigenvalue weighted by atomic mass is 10.2. The predicted octanol–water partition coefficient (Wildman–Crippen LogP) is 1.10. The van der Waals surface area contributed by atoms with Gasteiger partial charge in [0.2, 0.25) is 0 Å². The summed E-state index contributed by atoms with van der Waals surface area (Å²) in [6.45, 7) is 0.441. The largest absolute Gasteiger partial charge is 0.380 e. The Hall–Kier alpha value is -1.40. The van der Waals surface area contributed by atoms with Crippen LogP contribution in [-0.4, -0.2) is 12.1 Å². The molecular weight excluding hydrogens is 140 g/mol. The molecule has 1 aromatic rings. The number of methoxy groups -OCH3 is 1. The number of rotatable bonds is 2. The zero-order valence-corrected chi connectivity index (χ0v) is 6.24. The summed E-state index contributed by atoms with van der Waals surface area (Å²) in [4.78, 5) is 3.87. The molecule has 0 aliphatic rings. The minimum absolute atomic E-state index is 0.439. The molecule has 1 rings (SSSR count). The molecule has 0 aliphatic heterocycles. The number of pyridine rings is 1. The third kappa shape index (κ3) is 1.76. The molecule has 0 saturated heterocycles. The number of hydrogen-bond acceptors (Lipinski definition) is 3. The van der Waals surface area contributed by atoms with E-state index in [-0.39, 0.29) is 0 Å². The molecule has 0 bridgehead atoms. The Bertz CT molecular complexity index is 278. The molecule has 11 heavy (non-hydrogen) atoms. The summed E-state index contributed by atoms with van der Waals surface area (Å²) in [7, 11) is 1.59. The van der Waals surface area contributed by atoms with Gasteiger partial charge in [0.05, 0.1) is 6.61 Å². The Morgan fingerprint density at radius 3 is 3.18 bits per heavy atom. The van der Waals surface area contributed by atoms with Gasteiger partial charge < -0.3 is 4.74 Å². The first-order valence-electron chi connectivity index (χ1n) is 3.21. The van der Waals surface area contributed by atoms with Gasteiger partial charge >= 0.3 is 0 Å². The number of nitrogens with zero attached hydrogens (tertiary/aromatic N) is 2. The van der Waals surface area contributed by atoms with Crippen molar-refractivity contribution < 1.29 is 4.74 Å².